The molecule has 0 unspecified atom stereocenters. The zero-order chi connectivity index (χ0) is 32.2. The van der Waals surface area contributed by atoms with Crippen LogP contribution in [0.25, 0.3) is 0 Å². The predicted octanol–water partition coefficient (Wildman–Crippen LogP) is 6.07. The minimum absolute atomic E-state index is 0.168. The van der Waals surface area contributed by atoms with E-state index >= 15 is 0 Å². The van der Waals surface area contributed by atoms with Crippen LogP contribution in [0.1, 0.15) is 18.1 Å². The summed E-state index contributed by atoms with van der Waals surface area (Å²) in [5, 5.41) is 3.16. The number of methoxy groups -OCH3 is 2. The van der Waals surface area contributed by atoms with Gasteiger partial charge in [-0.2, -0.15) is 4.99 Å². The van der Waals surface area contributed by atoms with Crippen LogP contribution < -0.4 is 29.2 Å². The Morgan fingerprint density at radius 1 is 1.02 bits per heavy atom. The minimum Gasteiger partial charge on any atom is -0.497 e. The van der Waals surface area contributed by atoms with E-state index in [1.807, 2.05) is 56.3 Å². The van der Waals surface area contributed by atoms with E-state index in [4.69, 9.17) is 23.7 Å². The number of hydrogen-bond acceptors (Lipinski definition) is 8. The number of para-hydroxylation sites is 1. The molecule has 0 saturated carbocycles. The topological polar surface area (TPSA) is 106 Å². The number of carbonyl (C=O) groups is 1. The van der Waals surface area contributed by atoms with Gasteiger partial charge in [0.15, 0.2) is 0 Å². The van der Waals surface area contributed by atoms with Gasteiger partial charge in [0.05, 0.1) is 33.1 Å². The third-order valence-corrected chi connectivity index (χ3v) is 7.16. The summed E-state index contributed by atoms with van der Waals surface area (Å²) < 4.78 is 28.3. The molecule has 1 N–H and O–H groups in total. The van der Waals surface area contributed by atoms with Crippen LogP contribution >= 0.6 is 0 Å². The number of anilines is 2. The first-order chi connectivity index (χ1) is 21.9. The number of hydrogen-bond donors (Lipinski definition) is 1. The Morgan fingerprint density at radius 2 is 1.71 bits per heavy atom. The van der Waals surface area contributed by atoms with E-state index in [-0.39, 0.29) is 11.8 Å². The highest BCUT2D eigenvalue weighted by atomic mass is 16.6. The molecule has 11 heteroatoms. The highest BCUT2D eigenvalue weighted by Gasteiger charge is 2.27. The average molecular weight is 616 g/mol. The maximum absolute atomic E-state index is 13.9. The van der Waals surface area contributed by atoms with Gasteiger partial charge in [0, 0.05) is 31.4 Å². The lowest BCUT2D eigenvalue weighted by molar-refractivity contribution is 0.0322. The summed E-state index contributed by atoms with van der Waals surface area (Å²) in [6.45, 7) is 14.0. The molecule has 0 spiro atoms. The molecule has 1 amide bonds. The zero-order valence-corrected chi connectivity index (χ0v) is 26.5. The van der Waals surface area contributed by atoms with Gasteiger partial charge in [0.2, 0.25) is 5.96 Å². The first kappa shape index (κ1) is 33.0. The molecule has 45 heavy (non-hydrogen) atoms. The first-order valence-electron chi connectivity index (χ1n) is 14.7. The summed E-state index contributed by atoms with van der Waals surface area (Å²) in [6.07, 6.45) is 0.989. The van der Waals surface area contributed by atoms with E-state index in [1.54, 1.807) is 38.3 Å². The van der Waals surface area contributed by atoms with Gasteiger partial charge in [-0.15, -0.1) is 0 Å². The summed E-state index contributed by atoms with van der Waals surface area (Å²) >= 11 is 0. The van der Waals surface area contributed by atoms with Gasteiger partial charge in [0.1, 0.15) is 35.4 Å². The van der Waals surface area contributed by atoms with Crippen LogP contribution in [0.4, 0.5) is 16.2 Å². The van der Waals surface area contributed by atoms with Gasteiger partial charge in [-0.25, -0.2) is 14.7 Å². The quantitative estimate of drug-likeness (QED) is 0.205. The highest BCUT2D eigenvalue weighted by Crippen LogP contribution is 2.36. The van der Waals surface area contributed by atoms with E-state index in [1.165, 1.54) is 12.0 Å². The molecular weight excluding hydrogens is 574 g/mol. The molecule has 3 aromatic carbocycles. The van der Waals surface area contributed by atoms with Crippen LogP contribution in [0.15, 0.2) is 82.5 Å². The van der Waals surface area contributed by atoms with Crippen molar-refractivity contribution in [1.29, 1.82) is 0 Å². The van der Waals surface area contributed by atoms with Crippen LogP contribution in [0, 0.1) is 13.8 Å². The largest absolute Gasteiger partial charge is 0.497 e. The second kappa shape index (κ2) is 16.3. The van der Waals surface area contributed by atoms with Crippen LogP contribution in [0.3, 0.4) is 0 Å². The molecule has 1 aliphatic heterocycles. The maximum Gasteiger partial charge on any atom is 0.425 e. The van der Waals surface area contributed by atoms with Crippen molar-refractivity contribution in [3.8, 4) is 23.0 Å². The van der Waals surface area contributed by atoms with Gasteiger partial charge in [-0.3, -0.25) is 4.90 Å². The number of guanidine groups is 1. The summed E-state index contributed by atoms with van der Waals surface area (Å²) in [4.78, 5) is 26.3. The smallest absolute Gasteiger partial charge is 0.425 e. The Kier molecular flexibility index (Phi) is 11.9. The second-order valence-corrected chi connectivity index (χ2v) is 10.2. The van der Waals surface area contributed by atoms with Crippen LogP contribution in [0.2, 0.25) is 0 Å². The number of rotatable bonds is 11. The first-order valence-corrected chi connectivity index (χ1v) is 14.7. The van der Waals surface area contributed by atoms with Gasteiger partial charge < -0.3 is 29.0 Å². The number of allylic oxidation sites excluding steroid dienone is 1. The fourth-order valence-electron chi connectivity index (χ4n) is 4.71. The van der Waals surface area contributed by atoms with Crippen LogP contribution in [0.5, 0.6) is 23.0 Å². The standard InChI is InChI=1S/C34H41N5O6/c1-7-31(37-33(35-4)36-26-11-13-27(14-12-26)44-22-19-38-17-20-43-21-18-38)39(29-16-15-28(41-5)23-30(29)42-6)34(40)45-32-24(2)9-8-10-25(32)3/h7-16,23H,4,17-22H2,1-3,5-6H3,(H,36,37)/b31-7+. The van der Waals surface area contributed by atoms with Crippen molar-refractivity contribution in [2.24, 2.45) is 9.98 Å². The molecule has 238 valence electrons. The Hall–Kier alpha value is -4.87. The summed E-state index contributed by atoms with van der Waals surface area (Å²) in [7, 11) is 3.07. The molecular formula is C34H41N5O6. The zero-order valence-electron chi connectivity index (χ0n) is 26.5. The predicted molar refractivity (Wildman–Crippen MR) is 178 cm³/mol. The molecule has 0 aromatic heterocycles. The van der Waals surface area contributed by atoms with E-state index in [0.29, 0.717) is 35.2 Å². The third-order valence-electron chi connectivity index (χ3n) is 7.16. The molecule has 3 aromatic rings. The Balaban J connectivity index is 1.57. The summed E-state index contributed by atoms with van der Waals surface area (Å²) in [5.41, 5.74) is 2.75. The number of amides is 1. The fraction of sp³-hybridized carbons (Fsp3) is 0.324. The number of ether oxygens (including phenoxy) is 5. The average Bonchev–Trinajstić information content (AvgIpc) is 3.07. The Bertz CT molecular complexity index is 1500. The molecule has 0 atom stereocenters. The second-order valence-electron chi connectivity index (χ2n) is 10.2. The molecule has 0 aliphatic carbocycles. The summed E-state index contributed by atoms with van der Waals surface area (Å²) in [6, 6.07) is 18.2. The van der Waals surface area contributed by atoms with E-state index in [2.05, 4.69) is 26.9 Å². The van der Waals surface area contributed by atoms with Crippen molar-refractivity contribution in [2.75, 3.05) is 63.9 Å². The van der Waals surface area contributed by atoms with Gasteiger partial charge in [-0.05, 0) is 81.1 Å². The van der Waals surface area contributed by atoms with Gasteiger partial charge in [-0.1, -0.05) is 18.2 Å². The van der Waals surface area contributed by atoms with Crippen LogP contribution in [-0.2, 0) is 4.74 Å². The summed E-state index contributed by atoms with van der Waals surface area (Å²) in [5.74, 6) is 2.56. The third kappa shape index (κ3) is 8.84. The number of nitrogens with one attached hydrogen (secondary N) is 1. The molecule has 1 aliphatic rings. The Labute approximate surface area is 264 Å². The van der Waals surface area contributed by atoms with E-state index in [9.17, 15) is 4.79 Å². The molecule has 0 bridgehead atoms. The number of aliphatic imine (C=N–C) groups is 2. The molecule has 4 rings (SSSR count). The van der Waals surface area contributed by atoms with Crippen molar-refractivity contribution < 1.29 is 28.5 Å². The van der Waals surface area contributed by atoms with Gasteiger partial charge in [0.25, 0.3) is 0 Å². The fourth-order valence-corrected chi connectivity index (χ4v) is 4.71. The van der Waals surface area contributed by atoms with E-state index < -0.39 is 6.09 Å². The molecule has 0 radical (unpaired) electrons. The molecule has 1 heterocycles. The van der Waals surface area contributed by atoms with Gasteiger partial charge >= 0.3 is 6.09 Å². The van der Waals surface area contributed by atoms with Crippen LogP contribution in [-0.4, -0.2) is 77.3 Å². The SMILES string of the molecule is C=N/C(=N\C(=C/C)N(C(=O)Oc1c(C)cccc1C)c1ccc(OC)cc1OC)Nc1ccc(OCCN2CCOCC2)cc1. The number of nitrogens with zero attached hydrogens (tertiary/aromatic N) is 4. The normalized spacial score (nSPS) is 14.0. The molecule has 11 nitrogen and oxygen atoms in total. The Morgan fingerprint density at radius 3 is 2.33 bits per heavy atom. The maximum atomic E-state index is 13.9. The highest BCUT2D eigenvalue weighted by molar-refractivity contribution is 5.99. The van der Waals surface area contributed by atoms with Crippen molar-refractivity contribution in [2.45, 2.75) is 20.8 Å². The molecule has 1 fully saturated rings. The lowest BCUT2D eigenvalue weighted by Gasteiger charge is -2.26. The lowest BCUT2D eigenvalue weighted by atomic mass is 10.1. The van der Waals surface area contributed by atoms with Crippen molar-refractivity contribution >= 4 is 30.1 Å². The number of benzene rings is 3. The van der Waals surface area contributed by atoms with Crippen molar-refractivity contribution in [1.82, 2.24) is 4.90 Å². The van der Waals surface area contributed by atoms with Crippen molar-refractivity contribution in [3.63, 3.8) is 0 Å². The lowest BCUT2D eigenvalue weighted by Crippen LogP contribution is -2.38. The number of carbonyl (C=O) groups excluding carboxylic acids is 1. The number of morpholine rings is 1. The monoisotopic (exact) mass is 615 g/mol. The van der Waals surface area contributed by atoms with Crippen molar-refractivity contribution in [3.05, 3.63) is 83.7 Å². The number of aryl methyl sites for hydroxylation is 2. The van der Waals surface area contributed by atoms with E-state index in [0.717, 1.165) is 49.7 Å². The minimum atomic E-state index is -0.685. The molecule has 1 saturated heterocycles.